The van der Waals surface area contributed by atoms with Gasteiger partial charge in [-0.15, -0.1) is 23.2 Å². The highest BCUT2D eigenvalue weighted by Crippen LogP contribution is 2.31. The van der Waals surface area contributed by atoms with E-state index >= 15 is 0 Å². The minimum atomic E-state index is -0.0750. The first-order valence-electron chi connectivity index (χ1n) is 7.84. The van der Waals surface area contributed by atoms with Crippen molar-refractivity contribution in [3.63, 3.8) is 0 Å². The second-order valence-corrected chi connectivity index (χ2v) is 6.15. The van der Waals surface area contributed by atoms with Crippen LogP contribution in [0.15, 0.2) is 65.5 Å². The van der Waals surface area contributed by atoms with Gasteiger partial charge in [-0.05, 0) is 0 Å². The standard InChI is InChI=1S/C19H18Cl2N2O/c20-11-13-22-17(15-7-3-1-4-8-15)18(16-9-5-2-6-10-16)23(14-12-21)19(22)24/h1-10H,11-14H2. The summed E-state index contributed by atoms with van der Waals surface area (Å²) < 4.78 is 3.49. The molecule has 0 saturated heterocycles. The SMILES string of the molecule is O=c1n(CCCl)c(-c2ccccc2)c(-c2ccccc2)n1CCCl. The highest BCUT2D eigenvalue weighted by Gasteiger charge is 2.21. The number of imidazole rings is 1. The van der Waals surface area contributed by atoms with Crippen molar-refractivity contribution in [2.24, 2.45) is 0 Å². The van der Waals surface area contributed by atoms with E-state index in [0.717, 1.165) is 22.5 Å². The molecule has 5 heteroatoms. The first-order chi connectivity index (χ1) is 11.8. The van der Waals surface area contributed by atoms with Crippen molar-refractivity contribution in [2.45, 2.75) is 13.1 Å². The van der Waals surface area contributed by atoms with Gasteiger partial charge in [0.2, 0.25) is 0 Å². The quantitative estimate of drug-likeness (QED) is 0.596. The van der Waals surface area contributed by atoms with Crippen molar-refractivity contribution in [3.05, 3.63) is 71.1 Å². The topological polar surface area (TPSA) is 26.9 Å². The van der Waals surface area contributed by atoms with Crippen molar-refractivity contribution >= 4 is 23.2 Å². The molecule has 24 heavy (non-hydrogen) atoms. The van der Waals surface area contributed by atoms with E-state index in [-0.39, 0.29) is 5.69 Å². The number of halogens is 2. The lowest BCUT2D eigenvalue weighted by molar-refractivity contribution is 0.664. The number of hydrogen-bond acceptors (Lipinski definition) is 1. The summed E-state index contributed by atoms with van der Waals surface area (Å²) in [6.45, 7) is 0.916. The normalized spacial score (nSPS) is 10.9. The lowest BCUT2D eigenvalue weighted by Gasteiger charge is -2.10. The Bertz CT molecular complexity index is 784. The predicted molar refractivity (Wildman–Crippen MR) is 101 cm³/mol. The molecular weight excluding hydrogens is 343 g/mol. The molecule has 3 rings (SSSR count). The summed E-state index contributed by atoms with van der Waals surface area (Å²) in [7, 11) is 0. The van der Waals surface area contributed by atoms with E-state index in [4.69, 9.17) is 23.2 Å². The van der Waals surface area contributed by atoms with Gasteiger partial charge in [0.05, 0.1) is 11.4 Å². The van der Waals surface area contributed by atoms with Crippen LogP contribution in [0.4, 0.5) is 0 Å². The highest BCUT2D eigenvalue weighted by molar-refractivity contribution is 6.18. The molecule has 0 bridgehead atoms. The largest absolute Gasteiger partial charge is 0.329 e. The van der Waals surface area contributed by atoms with Crippen LogP contribution in [0.25, 0.3) is 22.5 Å². The van der Waals surface area contributed by atoms with E-state index in [9.17, 15) is 4.79 Å². The van der Waals surface area contributed by atoms with Gasteiger partial charge >= 0.3 is 5.69 Å². The molecule has 3 aromatic rings. The minimum absolute atomic E-state index is 0.0750. The fourth-order valence-corrected chi connectivity index (χ4v) is 3.29. The van der Waals surface area contributed by atoms with E-state index < -0.39 is 0 Å². The highest BCUT2D eigenvalue weighted by atomic mass is 35.5. The summed E-state index contributed by atoms with van der Waals surface area (Å²) in [4.78, 5) is 12.9. The number of alkyl halides is 2. The molecule has 2 aromatic carbocycles. The van der Waals surface area contributed by atoms with Gasteiger partial charge in [-0.1, -0.05) is 60.7 Å². The Labute approximate surface area is 151 Å². The van der Waals surface area contributed by atoms with Gasteiger partial charge in [-0.3, -0.25) is 9.13 Å². The third-order valence-corrected chi connectivity index (χ3v) is 4.27. The molecule has 0 aliphatic heterocycles. The molecule has 0 radical (unpaired) electrons. The van der Waals surface area contributed by atoms with Crippen LogP contribution in [0.2, 0.25) is 0 Å². The van der Waals surface area contributed by atoms with Gasteiger partial charge in [0, 0.05) is 36.0 Å². The van der Waals surface area contributed by atoms with E-state index in [0.29, 0.717) is 24.8 Å². The zero-order valence-electron chi connectivity index (χ0n) is 13.2. The number of aromatic nitrogens is 2. The molecule has 0 saturated carbocycles. The maximum absolute atomic E-state index is 12.9. The van der Waals surface area contributed by atoms with Gasteiger partial charge < -0.3 is 0 Å². The Hall–Kier alpha value is -1.97. The van der Waals surface area contributed by atoms with E-state index in [1.807, 2.05) is 60.7 Å². The zero-order valence-corrected chi connectivity index (χ0v) is 14.7. The van der Waals surface area contributed by atoms with Crippen LogP contribution in [0.3, 0.4) is 0 Å². The number of nitrogens with zero attached hydrogens (tertiary/aromatic N) is 2. The molecule has 0 aliphatic rings. The summed E-state index contributed by atoms with van der Waals surface area (Å²) in [5, 5.41) is 0. The molecule has 0 fully saturated rings. The molecule has 0 N–H and O–H groups in total. The maximum Gasteiger partial charge on any atom is 0.329 e. The lowest BCUT2D eigenvalue weighted by atomic mass is 10.0. The van der Waals surface area contributed by atoms with Crippen LogP contribution in [-0.2, 0) is 13.1 Å². The molecule has 1 aromatic heterocycles. The summed E-state index contributed by atoms with van der Waals surface area (Å²) in [6.07, 6.45) is 0. The summed E-state index contributed by atoms with van der Waals surface area (Å²) in [5.74, 6) is 0.748. The molecule has 0 unspecified atom stereocenters. The molecule has 3 nitrogen and oxygen atoms in total. The fraction of sp³-hybridized carbons (Fsp3) is 0.211. The van der Waals surface area contributed by atoms with E-state index in [1.54, 1.807) is 9.13 Å². The van der Waals surface area contributed by atoms with Crippen LogP contribution in [-0.4, -0.2) is 20.9 Å². The van der Waals surface area contributed by atoms with Crippen LogP contribution < -0.4 is 5.69 Å². The van der Waals surface area contributed by atoms with Crippen molar-refractivity contribution in [2.75, 3.05) is 11.8 Å². The molecule has 1 heterocycles. The Morgan fingerprint density at radius 3 is 1.38 bits per heavy atom. The number of hydrogen-bond donors (Lipinski definition) is 0. The second kappa shape index (κ2) is 7.73. The minimum Gasteiger partial charge on any atom is -0.290 e. The molecule has 0 spiro atoms. The van der Waals surface area contributed by atoms with Crippen LogP contribution in [0.1, 0.15) is 0 Å². The van der Waals surface area contributed by atoms with Gasteiger partial charge in [0.1, 0.15) is 0 Å². The predicted octanol–water partition coefficient (Wildman–Crippen LogP) is 4.46. The summed E-state index contributed by atoms with van der Waals surface area (Å²) >= 11 is 11.9. The Balaban J connectivity index is 2.36. The van der Waals surface area contributed by atoms with Gasteiger partial charge in [-0.25, -0.2) is 4.79 Å². The first-order valence-corrected chi connectivity index (χ1v) is 8.91. The summed E-state index contributed by atoms with van der Waals surface area (Å²) in [5.41, 5.74) is 3.68. The monoisotopic (exact) mass is 360 g/mol. The third kappa shape index (κ3) is 3.14. The van der Waals surface area contributed by atoms with Crippen LogP contribution in [0.5, 0.6) is 0 Å². The van der Waals surface area contributed by atoms with Crippen molar-refractivity contribution in [1.82, 2.24) is 9.13 Å². The first kappa shape index (κ1) is 16.9. The maximum atomic E-state index is 12.9. The van der Waals surface area contributed by atoms with Crippen molar-refractivity contribution in [3.8, 4) is 22.5 Å². The van der Waals surface area contributed by atoms with Crippen LogP contribution in [0, 0.1) is 0 Å². The molecule has 124 valence electrons. The fourth-order valence-electron chi connectivity index (χ4n) is 2.95. The van der Waals surface area contributed by atoms with Crippen LogP contribution >= 0.6 is 23.2 Å². The average molecular weight is 361 g/mol. The Morgan fingerprint density at radius 1 is 0.667 bits per heavy atom. The van der Waals surface area contributed by atoms with E-state index in [1.165, 1.54) is 0 Å². The smallest absolute Gasteiger partial charge is 0.290 e. The lowest BCUT2D eigenvalue weighted by Crippen LogP contribution is -2.26. The molecular formula is C19H18Cl2N2O. The number of rotatable bonds is 6. The molecule has 0 amide bonds. The Morgan fingerprint density at radius 2 is 1.04 bits per heavy atom. The van der Waals surface area contributed by atoms with Gasteiger partial charge in [-0.2, -0.15) is 0 Å². The van der Waals surface area contributed by atoms with Crippen molar-refractivity contribution in [1.29, 1.82) is 0 Å². The summed E-state index contributed by atoms with van der Waals surface area (Å²) in [6, 6.07) is 19.9. The molecule has 0 aliphatic carbocycles. The third-order valence-electron chi connectivity index (χ3n) is 3.94. The average Bonchev–Trinajstić information content (AvgIpc) is 2.90. The zero-order chi connectivity index (χ0) is 16.9. The number of benzene rings is 2. The van der Waals surface area contributed by atoms with Crippen molar-refractivity contribution < 1.29 is 0 Å². The molecule has 0 atom stereocenters. The second-order valence-electron chi connectivity index (χ2n) is 5.39. The van der Waals surface area contributed by atoms with Gasteiger partial charge in [0.25, 0.3) is 0 Å². The van der Waals surface area contributed by atoms with E-state index in [2.05, 4.69) is 0 Å². The Kier molecular flexibility index (Phi) is 5.44. The van der Waals surface area contributed by atoms with Gasteiger partial charge in [0.15, 0.2) is 0 Å².